The van der Waals surface area contributed by atoms with Crippen LogP contribution in [-0.4, -0.2) is 104 Å². The summed E-state index contributed by atoms with van der Waals surface area (Å²) in [4.78, 5) is 91.5. The van der Waals surface area contributed by atoms with Crippen LogP contribution in [0.5, 0.6) is 0 Å². The second-order valence-electron chi connectivity index (χ2n) is 9.89. The first-order valence-corrected chi connectivity index (χ1v) is 15.6. The van der Waals surface area contributed by atoms with Gasteiger partial charge in [0.1, 0.15) is 30.2 Å². The topological polar surface area (TPSA) is 255 Å². The van der Waals surface area contributed by atoms with Crippen molar-refractivity contribution in [1.82, 2.24) is 36.6 Å². The predicted molar refractivity (Wildman–Crippen MR) is 156 cm³/mol. The Balaban J connectivity index is 0.00000129. The van der Waals surface area contributed by atoms with Gasteiger partial charge in [0.15, 0.2) is 0 Å². The number of rotatable bonds is 5. The van der Waals surface area contributed by atoms with E-state index in [2.05, 4.69) is 36.6 Å². The molecule has 1 saturated heterocycles. The van der Waals surface area contributed by atoms with Crippen LogP contribution in [0.3, 0.4) is 0 Å². The van der Waals surface area contributed by atoms with Gasteiger partial charge in [-0.3, -0.25) is 28.8 Å². The van der Waals surface area contributed by atoms with Crippen molar-refractivity contribution in [3.05, 3.63) is 18.2 Å². The van der Waals surface area contributed by atoms with E-state index in [1.54, 1.807) is 13.8 Å². The van der Waals surface area contributed by atoms with Gasteiger partial charge in [-0.05, 0) is 12.8 Å². The molecule has 9 N–H and O–H groups in total. The van der Waals surface area contributed by atoms with Gasteiger partial charge in [-0.1, -0.05) is 35.4 Å². The van der Waals surface area contributed by atoms with E-state index in [9.17, 15) is 41.9 Å². The third kappa shape index (κ3) is 14.1. The number of aliphatic carboxylic acids is 1. The largest absolute Gasteiger partial charge is 0.490 e. The molecule has 16 nitrogen and oxygen atoms in total. The molecule has 2 heterocycles. The fourth-order valence-electron chi connectivity index (χ4n) is 3.41. The average Bonchev–Trinajstić information content (AvgIpc) is 3.43. The van der Waals surface area contributed by atoms with E-state index in [0.717, 1.165) is 0 Å². The van der Waals surface area contributed by atoms with E-state index in [0.29, 0.717) is 5.69 Å². The summed E-state index contributed by atoms with van der Waals surface area (Å²) < 4.78 is 31.7. The third-order valence-corrected chi connectivity index (χ3v) is 8.18. The van der Waals surface area contributed by atoms with Crippen molar-refractivity contribution in [3.8, 4) is 0 Å². The monoisotopic (exact) mass is 684 g/mol. The molecule has 1 aliphatic heterocycles. The van der Waals surface area contributed by atoms with Gasteiger partial charge >= 0.3 is 12.1 Å². The number of halogens is 3. The summed E-state index contributed by atoms with van der Waals surface area (Å²) in [7, 11) is 2.35. The minimum atomic E-state index is -5.08. The Bertz CT molecular complexity index is 1220. The van der Waals surface area contributed by atoms with Crippen LogP contribution in [0.15, 0.2) is 12.5 Å². The van der Waals surface area contributed by atoms with Crippen LogP contribution in [0.1, 0.15) is 33.4 Å². The molecular weight excluding hydrogens is 649 g/mol. The summed E-state index contributed by atoms with van der Waals surface area (Å²) in [5, 5.41) is 20.0. The van der Waals surface area contributed by atoms with E-state index in [1.165, 1.54) is 48.0 Å². The number of nitrogens with one attached hydrogen (secondary N) is 6. The Hall–Kier alpha value is -4.01. The van der Waals surface area contributed by atoms with E-state index >= 15 is 0 Å². The zero-order valence-corrected chi connectivity index (χ0v) is 26.2. The molecule has 0 aliphatic carbocycles. The van der Waals surface area contributed by atoms with Gasteiger partial charge in [-0.15, -0.1) is 0 Å². The Morgan fingerprint density at radius 1 is 1.02 bits per heavy atom. The number of H-pyrrole nitrogens is 1. The van der Waals surface area contributed by atoms with Crippen LogP contribution in [0.4, 0.5) is 13.2 Å². The lowest BCUT2D eigenvalue weighted by Gasteiger charge is -2.26. The standard InChI is InChI=1S/C22H34N8O6S2.C2HF3O2/c1-10(2)17-22(36)29-15(18(23)32)7-37-38-8-16(27-12(4)31)21(35)28-14(5-13-6-24-9-25-13)20(34)26-11(3)19(33)30-17;3-2(4,5)1(6)7/h6,9-11,14-17H,5,7-8H2,1-4H3,(H2,23,32)(H,24,25)(H,26,34)(H,27,31)(H,28,35)(H,29,36)(H,30,33);(H,6,7)/t11-,14-,15-,16-,17-;/m0./s1. The zero-order valence-electron chi connectivity index (χ0n) is 24.5. The van der Waals surface area contributed by atoms with Crippen molar-refractivity contribution >= 4 is 63.0 Å². The van der Waals surface area contributed by atoms with E-state index in [1.807, 2.05) is 0 Å². The number of nitrogens with zero attached hydrogens (tertiary/aromatic N) is 1. The molecule has 0 radical (unpaired) electrons. The molecule has 0 saturated carbocycles. The van der Waals surface area contributed by atoms with Crippen molar-refractivity contribution in [1.29, 1.82) is 0 Å². The molecule has 45 heavy (non-hydrogen) atoms. The molecule has 1 aromatic heterocycles. The normalized spacial score (nSPS) is 24.0. The smallest absolute Gasteiger partial charge is 0.475 e. The molecule has 5 atom stereocenters. The average molecular weight is 685 g/mol. The number of amides is 6. The maximum Gasteiger partial charge on any atom is 0.490 e. The van der Waals surface area contributed by atoms with Gasteiger partial charge in [0.25, 0.3) is 0 Å². The number of aromatic nitrogens is 2. The van der Waals surface area contributed by atoms with Crippen molar-refractivity contribution in [3.63, 3.8) is 0 Å². The Kier molecular flexibility index (Phi) is 15.7. The number of imidazole rings is 1. The lowest BCUT2D eigenvalue weighted by Crippen LogP contribution is -2.59. The summed E-state index contributed by atoms with van der Waals surface area (Å²) >= 11 is 0. The molecule has 1 aromatic rings. The number of alkyl halides is 3. The predicted octanol–water partition coefficient (Wildman–Crippen LogP) is -1.41. The van der Waals surface area contributed by atoms with Gasteiger partial charge < -0.3 is 42.4 Å². The van der Waals surface area contributed by atoms with Crippen molar-refractivity contribution in [2.24, 2.45) is 11.7 Å². The SMILES string of the molecule is CC(=O)N[C@H]1CSSC[C@@H](C(N)=O)NC(=O)[C@H](C(C)C)NC(=O)[C@H](C)NC(=O)[C@H](Cc2cnc[nH]2)NC1=O.O=C(O)C(F)(F)F. The van der Waals surface area contributed by atoms with Crippen LogP contribution in [0, 0.1) is 5.92 Å². The molecule has 2 rings (SSSR count). The van der Waals surface area contributed by atoms with E-state index in [-0.39, 0.29) is 23.8 Å². The fraction of sp³-hybridized carbons (Fsp3) is 0.583. The third-order valence-electron chi connectivity index (χ3n) is 5.76. The molecule has 0 unspecified atom stereocenters. The maximum atomic E-state index is 13.1. The summed E-state index contributed by atoms with van der Waals surface area (Å²) in [5.41, 5.74) is 6.02. The second-order valence-corrected chi connectivity index (χ2v) is 12.4. The van der Waals surface area contributed by atoms with E-state index < -0.39 is 77.8 Å². The van der Waals surface area contributed by atoms with E-state index in [4.69, 9.17) is 15.6 Å². The first kappa shape index (κ1) is 39.0. The fourth-order valence-corrected chi connectivity index (χ4v) is 5.75. The summed E-state index contributed by atoms with van der Waals surface area (Å²) in [6.07, 6.45) is -2.12. The summed E-state index contributed by atoms with van der Waals surface area (Å²) in [6.45, 7) is 6.13. The number of carboxylic acids is 1. The number of hydrogen-bond donors (Lipinski definition) is 8. The van der Waals surface area contributed by atoms with Crippen LogP contribution >= 0.6 is 21.6 Å². The van der Waals surface area contributed by atoms with Crippen molar-refractivity contribution in [2.45, 2.75) is 70.5 Å². The molecule has 0 spiro atoms. The van der Waals surface area contributed by atoms with Crippen molar-refractivity contribution in [2.75, 3.05) is 11.5 Å². The number of aromatic amines is 1. The molecule has 1 fully saturated rings. The van der Waals surface area contributed by atoms with Crippen LogP contribution < -0.4 is 32.3 Å². The maximum absolute atomic E-state index is 13.1. The minimum absolute atomic E-state index is 0.0396. The summed E-state index contributed by atoms with van der Waals surface area (Å²) in [6, 6.07) is -5.23. The van der Waals surface area contributed by atoms with Crippen LogP contribution in [0.25, 0.3) is 0 Å². The number of hydrogen-bond acceptors (Lipinski definition) is 10. The van der Waals surface area contributed by atoms with Crippen LogP contribution in [0.2, 0.25) is 0 Å². The first-order valence-electron chi connectivity index (χ1n) is 13.1. The molecule has 1 aliphatic rings. The molecule has 0 bridgehead atoms. The highest BCUT2D eigenvalue weighted by atomic mass is 33.1. The van der Waals surface area contributed by atoms with Crippen molar-refractivity contribution < 1.29 is 51.8 Å². The summed E-state index contributed by atoms with van der Waals surface area (Å²) in [5.74, 6) is -6.65. The zero-order chi connectivity index (χ0) is 34.5. The van der Waals surface area contributed by atoms with Gasteiger partial charge in [0.05, 0.1) is 6.33 Å². The van der Waals surface area contributed by atoms with Gasteiger partial charge in [0, 0.05) is 36.7 Å². The highest BCUT2D eigenvalue weighted by Gasteiger charge is 2.38. The highest BCUT2D eigenvalue weighted by molar-refractivity contribution is 8.76. The lowest BCUT2D eigenvalue weighted by molar-refractivity contribution is -0.192. The second kappa shape index (κ2) is 18.1. The number of carbonyl (C=O) groups is 7. The number of carboxylic acid groups (broad SMARTS) is 1. The lowest BCUT2D eigenvalue weighted by atomic mass is 10.0. The first-order chi connectivity index (χ1) is 20.8. The molecule has 0 aromatic carbocycles. The number of carbonyl (C=O) groups excluding carboxylic acids is 6. The Labute approximate surface area is 263 Å². The van der Waals surface area contributed by atoms with Gasteiger partial charge in [0.2, 0.25) is 35.4 Å². The number of nitrogens with two attached hydrogens (primary N) is 1. The molecule has 252 valence electrons. The highest BCUT2D eigenvalue weighted by Crippen LogP contribution is 2.23. The quantitative estimate of drug-likeness (QED) is 0.167. The Morgan fingerprint density at radius 3 is 2.11 bits per heavy atom. The van der Waals surface area contributed by atoms with Gasteiger partial charge in [-0.25, -0.2) is 9.78 Å². The minimum Gasteiger partial charge on any atom is -0.475 e. The van der Waals surface area contributed by atoms with Gasteiger partial charge in [-0.2, -0.15) is 13.2 Å². The number of primary amides is 1. The Morgan fingerprint density at radius 2 is 1.62 bits per heavy atom. The molecule has 6 amide bonds. The molecule has 21 heteroatoms. The van der Waals surface area contributed by atoms with Crippen LogP contribution in [-0.2, 0) is 40.0 Å². The molecular formula is C24H35F3N8O8S2.